The number of aromatic nitrogens is 2. The van der Waals surface area contributed by atoms with Crippen molar-refractivity contribution in [2.75, 3.05) is 12.9 Å². The van der Waals surface area contributed by atoms with Gasteiger partial charge in [0, 0.05) is 11.1 Å². The highest BCUT2D eigenvalue weighted by atomic mass is 79.9. The minimum atomic E-state index is -4.79. The summed E-state index contributed by atoms with van der Waals surface area (Å²) in [5.41, 5.74) is -0.175. The number of carbonyl (C=O) groups is 1. The molecule has 1 unspecified atom stereocenters. The quantitative estimate of drug-likeness (QED) is 0.223. The molecule has 194 valence electrons. The van der Waals surface area contributed by atoms with Crippen molar-refractivity contribution in [1.82, 2.24) is 9.55 Å². The van der Waals surface area contributed by atoms with Crippen LogP contribution in [0.2, 0.25) is 0 Å². The molecule has 0 aliphatic heterocycles. The second-order valence-corrected chi connectivity index (χ2v) is 11.8. The van der Waals surface area contributed by atoms with Gasteiger partial charge in [-0.3, -0.25) is 9.36 Å². The van der Waals surface area contributed by atoms with Gasteiger partial charge in [0.25, 0.3) is 0 Å². The minimum absolute atomic E-state index is 0.0377. The van der Waals surface area contributed by atoms with Gasteiger partial charge in [0.1, 0.15) is 21.3 Å². The Morgan fingerprint density at radius 2 is 1.81 bits per heavy atom. The van der Waals surface area contributed by atoms with E-state index in [1.165, 1.54) is 16.7 Å². The zero-order valence-electron chi connectivity index (χ0n) is 19.5. The molecule has 0 spiro atoms. The van der Waals surface area contributed by atoms with E-state index in [0.29, 0.717) is 21.0 Å². The van der Waals surface area contributed by atoms with Crippen molar-refractivity contribution in [1.29, 1.82) is 0 Å². The van der Waals surface area contributed by atoms with Gasteiger partial charge < -0.3 is 4.74 Å². The molecule has 2 heterocycles. The molecule has 0 N–H and O–H groups in total. The molecule has 0 amide bonds. The van der Waals surface area contributed by atoms with E-state index in [2.05, 4.69) is 20.9 Å². The number of nitrogens with zero attached hydrogens (tertiary/aromatic N) is 2. The number of hydrogen-bond donors (Lipinski definition) is 0. The maximum atomic E-state index is 13.9. The number of hydrogen-bond acceptors (Lipinski definition) is 6. The Balaban J connectivity index is 1.92. The maximum absolute atomic E-state index is 13.9. The van der Waals surface area contributed by atoms with Crippen LogP contribution in [-0.2, 0) is 25.5 Å². The normalized spacial score (nSPS) is 12.9. The second-order valence-electron chi connectivity index (χ2n) is 7.98. The number of ether oxygens (including phenoxy) is 1. The number of esters is 1. The van der Waals surface area contributed by atoms with Crippen LogP contribution in [0, 0.1) is 0 Å². The molecule has 0 aliphatic rings. The molecular formula is C25H20BrF3N2O4S2. The molecule has 12 heteroatoms. The molecule has 0 aliphatic carbocycles. The van der Waals surface area contributed by atoms with Gasteiger partial charge in [0.05, 0.1) is 11.5 Å². The van der Waals surface area contributed by atoms with Crippen molar-refractivity contribution in [2.24, 2.45) is 0 Å². The SMILES string of the molecule is CCOC(=O)C(c1ccccc1)c1nc(C(F)(F)F)c(Br)n1-c1ccc(-c2cccc(S(C)(=O)=O)c2)s1. The molecule has 0 saturated heterocycles. The summed E-state index contributed by atoms with van der Waals surface area (Å²) in [5, 5.41) is 0.342. The Kier molecular flexibility index (Phi) is 7.63. The number of alkyl halides is 3. The Morgan fingerprint density at radius 1 is 1.11 bits per heavy atom. The standard InChI is InChI=1S/C25H20BrF3N2O4S2/c1-3-35-24(32)20(15-8-5-4-6-9-15)23-30-21(25(27,28)29)22(26)31(23)19-13-12-18(36-19)16-10-7-11-17(14-16)37(2,33)34/h4-14,20H,3H2,1-2H3. The van der Waals surface area contributed by atoms with Crippen molar-refractivity contribution in [2.45, 2.75) is 23.9 Å². The summed E-state index contributed by atoms with van der Waals surface area (Å²) in [6.07, 6.45) is -3.70. The Labute approximate surface area is 223 Å². The summed E-state index contributed by atoms with van der Waals surface area (Å²) >= 11 is 4.19. The molecule has 6 nitrogen and oxygen atoms in total. The van der Waals surface area contributed by atoms with Crippen LogP contribution in [0.3, 0.4) is 0 Å². The van der Waals surface area contributed by atoms with Gasteiger partial charge in [-0.2, -0.15) is 13.2 Å². The van der Waals surface area contributed by atoms with Crippen LogP contribution in [-0.4, -0.2) is 36.8 Å². The number of sulfone groups is 1. The zero-order valence-corrected chi connectivity index (χ0v) is 22.7. The Hall–Kier alpha value is -2.96. The van der Waals surface area contributed by atoms with Gasteiger partial charge in [0.15, 0.2) is 15.5 Å². The van der Waals surface area contributed by atoms with Gasteiger partial charge in [-0.05, 0) is 58.2 Å². The predicted octanol–water partition coefficient (Wildman–Crippen LogP) is 6.48. The number of benzene rings is 2. The highest BCUT2D eigenvalue weighted by Gasteiger charge is 2.41. The minimum Gasteiger partial charge on any atom is -0.465 e. The number of thiophene rings is 1. The fourth-order valence-electron chi connectivity index (χ4n) is 3.75. The molecule has 1 atom stereocenters. The molecule has 0 fully saturated rings. The van der Waals surface area contributed by atoms with Gasteiger partial charge in [-0.1, -0.05) is 42.5 Å². The summed E-state index contributed by atoms with van der Waals surface area (Å²) in [6, 6.07) is 17.9. The van der Waals surface area contributed by atoms with Gasteiger partial charge in [-0.25, -0.2) is 13.4 Å². The third kappa shape index (κ3) is 5.65. The van der Waals surface area contributed by atoms with Crippen LogP contribution in [0.1, 0.15) is 29.9 Å². The van der Waals surface area contributed by atoms with E-state index in [1.54, 1.807) is 61.5 Å². The van der Waals surface area contributed by atoms with E-state index in [4.69, 9.17) is 4.74 Å². The summed E-state index contributed by atoms with van der Waals surface area (Å²) in [5.74, 6) is -2.13. The van der Waals surface area contributed by atoms with E-state index >= 15 is 0 Å². The van der Waals surface area contributed by atoms with E-state index in [-0.39, 0.29) is 21.9 Å². The fraction of sp³-hybridized carbons (Fsp3) is 0.200. The average molecular weight is 613 g/mol. The molecule has 2 aromatic heterocycles. The largest absolute Gasteiger partial charge is 0.465 e. The number of imidazole rings is 1. The third-order valence-corrected chi connectivity index (χ3v) is 8.35. The average Bonchev–Trinajstić information content (AvgIpc) is 3.44. The van der Waals surface area contributed by atoms with Crippen LogP contribution < -0.4 is 0 Å². The van der Waals surface area contributed by atoms with Crippen LogP contribution in [0.15, 0.2) is 76.2 Å². The Morgan fingerprint density at radius 3 is 2.43 bits per heavy atom. The first kappa shape index (κ1) is 27.1. The molecule has 0 saturated carbocycles. The molecule has 4 aromatic rings. The lowest BCUT2D eigenvalue weighted by molar-refractivity contribution is -0.145. The van der Waals surface area contributed by atoms with Crippen LogP contribution >= 0.6 is 27.3 Å². The van der Waals surface area contributed by atoms with Gasteiger partial charge in [0.2, 0.25) is 0 Å². The Bertz CT molecular complexity index is 1550. The molecule has 37 heavy (non-hydrogen) atoms. The van der Waals surface area contributed by atoms with Crippen LogP contribution in [0.4, 0.5) is 13.2 Å². The molecule has 4 rings (SSSR count). The summed E-state index contributed by atoms with van der Waals surface area (Å²) < 4.78 is 71.8. The van der Waals surface area contributed by atoms with Crippen molar-refractivity contribution in [3.8, 4) is 15.4 Å². The lowest BCUT2D eigenvalue weighted by atomic mass is 9.98. The third-order valence-electron chi connectivity index (χ3n) is 5.39. The van der Waals surface area contributed by atoms with E-state index in [0.717, 1.165) is 17.6 Å². The molecule has 0 radical (unpaired) electrons. The number of halogens is 4. The van der Waals surface area contributed by atoms with Gasteiger partial charge in [-0.15, -0.1) is 11.3 Å². The predicted molar refractivity (Wildman–Crippen MR) is 138 cm³/mol. The van der Waals surface area contributed by atoms with Crippen molar-refractivity contribution >= 4 is 43.1 Å². The number of carbonyl (C=O) groups excluding carboxylic acids is 1. The molecular weight excluding hydrogens is 593 g/mol. The summed E-state index contributed by atoms with van der Waals surface area (Å²) in [7, 11) is -3.46. The molecule has 2 aromatic carbocycles. The first-order valence-corrected chi connectivity index (χ1v) is 14.4. The smallest absolute Gasteiger partial charge is 0.436 e. The van der Waals surface area contributed by atoms with Crippen LogP contribution in [0.5, 0.6) is 0 Å². The summed E-state index contributed by atoms with van der Waals surface area (Å²) in [4.78, 5) is 17.7. The van der Waals surface area contributed by atoms with Crippen molar-refractivity contribution in [3.05, 3.63) is 88.4 Å². The second kappa shape index (κ2) is 10.4. The maximum Gasteiger partial charge on any atom is 0.436 e. The summed E-state index contributed by atoms with van der Waals surface area (Å²) in [6.45, 7) is 1.65. The first-order chi connectivity index (χ1) is 17.4. The highest BCUT2D eigenvalue weighted by molar-refractivity contribution is 9.10. The topological polar surface area (TPSA) is 78.3 Å². The first-order valence-electron chi connectivity index (χ1n) is 10.9. The fourth-order valence-corrected chi connectivity index (χ4v) is 6.23. The highest BCUT2D eigenvalue weighted by Crippen LogP contribution is 2.42. The van der Waals surface area contributed by atoms with E-state index < -0.39 is 33.6 Å². The van der Waals surface area contributed by atoms with Crippen LogP contribution in [0.25, 0.3) is 15.4 Å². The van der Waals surface area contributed by atoms with Crippen molar-refractivity contribution < 1.29 is 31.1 Å². The van der Waals surface area contributed by atoms with E-state index in [1.807, 2.05) is 0 Å². The number of rotatable bonds is 7. The lowest BCUT2D eigenvalue weighted by Crippen LogP contribution is -2.21. The molecule has 0 bridgehead atoms. The van der Waals surface area contributed by atoms with Crippen molar-refractivity contribution in [3.63, 3.8) is 0 Å². The monoisotopic (exact) mass is 612 g/mol. The zero-order chi connectivity index (χ0) is 27.0. The lowest BCUT2D eigenvalue weighted by Gasteiger charge is -2.17. The van der Waals surface area contributed by atoms with Gasteiger partial charge >= 0.3 is 12.1 Å². The van der Waals surface area contributed by atoms with E-state index in [9.17, 15) is 26.4 Å².